The molecule has 140 valence electrons. The maximum atomic E-state index is 12.5. The van der Waals surface area contributed by atoms with Gasteiger partial charge in [-0.15, -0.1) is 0 Å². The van der Waals surface area contributed by atoms with Gasteiger partial charge < -0.3 is 9.64 Å². The molecule has 2 aromatic rings. The molecule has 0 bridgehead atoms. The molecule has 0 saturated carbocycles. The molecular weight excluding hydrogens is 326 g/mol. The zero-order valence-corrected chi connectivity index (χ0v) is 16.0. The number of carbonyl (C=O) groups excluding carboxylic acids is 2. The second-order valence-corrected chi connectivity index (χ2v) is 6.35. The minimum Gasteiger partial charge on any atom is -0.378 e. The molecule has 4 nitrogen and oxygen atoms in total. The molecule has 0 N–H and O–H groups in total. The summed E-state index contributed by atoms with van der Waals surface area (Å²) in [7, 11) is 0. The third kappa shape index (κ3) is 5.15. The van der Waals surface area contributed by atoms with Crippen LogP contribution in [0.3, 0.4) is 0 Å². The zero-order valence-electron chi connectivity index (χ0n) is 16.0. The van der Waals surface area contributed by atoms with Crippen molar-refractivity contribution in [1.29, 1.82) is 0 Å². The Bertz CT molecular complexity index is 730. The topological polar surface area (TPSA) is 46.6 Å². The van der Waals surface area contributed by atoms with Crippen LogP contribution in [-0.4, -0.2) is 42.9 Å². The number of ether oxygens (including phenoxy) is 1. The molecule has 1 saturated heterocycles. The Morgan fingerprint density at radius 2 is 1.69 bits per heavy atom. The maximum absolute atomic E-state index is 12.5. The van der Waals surface area contributed by atoms with Crippen molar-refractivity contribution >= 4 is 22.5 Å². The van der Waals surface area contributed by atoms with Crippen LogP contribution in [-0.2, 0) is 20.7 Å². The average Bonchev–Trinajstić information content (AvgIpc) is 2.69. The molecule has 1 unspecified atom stereocenters. The van der Waals surface area contributed by atoms with Gasteiger partial charge in [0.2, 0.25) is 5.91 Å². The number of hydrogen-bond donors (Lipinski definition) is 0. The highest BCUT2D eigenvalue weighted by Gasteiger charge is 2.24. The molecule has 1 heterocycles. The number of ketones is 1. The van der Waals surface area contributed by atoms with Gasteiger partial charge in [0.1, 0.15) is 5.78 Å². The summed E-state index contributed by atoms with van der Waals surface area (Å²) >= 11 is 0. The number of Topliss-reactive ketones (excluding diaryl/α,β-unsaturated/α-hetero) is 1. The van der Waals surface area contributed by atoms with E-state index in [4.69, 9.17) is 4.74 Å². The summed E-state index contributed by atoms with van der Waals surface area (Å²) in [5, 5.41) is 2.32. The molecule has 1 atom stereocenters. The molecule has 1 aliphatic rings. The molecule has 1 amide bonds. The van der Waals surface area contributed by atoms with Crippen molar-refractivity contribution in [3.63, 3.8) is 0 Å². The average molecular weight is 355 g/mol. The van der Waals surface area contributed by atoms with Crippen molar-refractivity contribution in [2.24, 2.45) is 5.92 Å². The monoisotopic (exact) mass is 355 g/mol. The fourth-order valence-corrected chi connectivity index (χ4v) is 3.25. The summed E-state index contributed by atoms with van der Waals surface area (Å²) in [5.74, 6) is -0.144. The Balaban J connectivity index is 0.00000117. The maximum Gasteiger partial charge on any atom is 0.223 e. The van der Waals surface area contributed by atoms with E-state index in [0.29, 0.717) is 32.7 Å². The Hall–Kier alpha value is -2.20. The molecule has 1 aliphatic heterocycles. The standard InChI is InChI=1S/C20H23NO3.C2H6/c1-15(22)18(14-20(23)21-9-11-24-12-10-21)13-17-7-4-6-16-5-2-3-8-19(16)17;1-2/h2-8,18H,9-14H2,1H3;1-2H3. The fourth-order valence-electron chi connectivity index (χ4n) is 3.25. The summed E-state index contributed by atoms with van der Waals surface area (Å²) in [6.45, 7) is 8.00. The number of rotatable bonds is 5. The van der Waals surface area contributed by atoms with Gasteiger partial charge in [-0.25, -0.2) is 0 Å². The van der Waals surface area contributed by atoms with E-state index in [1.54, 1.807) is 6.92 Å². The van der Waals surface area contributed by atoms with Crippen molar-refractivity contribution < 1.29 is 14.3 Å². The first-order valence-electron chi connectivity index (χ1n) is 9.48. The van der Waals surface area contributed by atoms with Crippen LogP contribution < -0.4 is 0 Å². The summed E-state index contributed by atoms with van der Waals surface area (Å²) in [6.07, 6.45) is 0.880. The first-order valence-corrected chi connectivity index (χ1v) is 9.48. The number of nitrogens with zero attached hydrogens (tertiary/aromatic N) is 1. The molecule has 4 heteroatoms. The van der Waals surface area contributed by atoms with Crippen molar-refractivity contribution in [1.82, 2.24) is 4.90 Å². The van der Waals surface area contributed by atoms with Gasteiger partial charge in [-0.2, -0.15) is 0 Å². The number of hydrogen-bond acceptors (Lipinski definition) is 3. The van der Waals surface area contributed by atoms with Crippen LogP contribution in [0.5, 0.6) is 0 Å². The third-order valence-corrected chi connectivity index (χ3v) is 4.71. The predicted molar refractivity (Wildman–Crippen MR) is 105 cm³/mol. The molecule has 1 fully saturated rings. The van der Waals surface area contributed by atoms with Gasteiger partial charge in [-0.05, 0) is 29.7 Å². The minimum absolute atomic E-state index is 0.0544. The lowest BCUT2D eigenvalue weighted by molar-refractivity contribution is -0.138. The Morgan fingerprint density at radius 3 is 2.38 bits per heavy atom. The number of amides is 1. The van der Waals surface area contributed by atoms with Crippen LogP contribution in [0.4, 0.5) is 0 Å². The van der Waals surface area contributed by atoms with Crippen LogP contribution in [0.25, 0.3) is 10.8 Å². The third-order valence-electron chi connectivity index (χ3n) is 4.71. The molecule has 3 rings (SSSR count). The summed E-state index contributed by atoms with van der Waals surface area (Å²) < 4.78 is 5.29. The van der Waals surface area contributed by atoms with Crippen LogP contribution in [0.2, 0.25) is 0 Å². The Kier molecular flexibility index (Phi) is 7.79. The van der Waals surface area contributed by atoms with E-state index in [9.17, 15) is 9.59 Å². The molecular formula is C22H29NO3. The predicted octanol–water partition coefficient (Wildman–Crippen LogP) is 3.86. The lowest BCUT2D eigenvalue weighted by Crippen LogP contribution is -2.42. The molecule has 0 aromatic heterocycles. The zero-order chi connectivity index (χ0) is 18.9. The number of benzene rings is 2. The number of fused-ring (bicyclic) bond motifs is 1. The summed E-state index contributed by atoms with van der Waals surface area (Å²) in [4.78, 5) is 26.4. The van der Waals surface area contributed by atoms with Gasteiger partial charge in [0.15, 0.2) is 0 Å². The Labute approximate surface area is 156 Å². The summed E-state index contributed by atoms with van der Waals surface area (Å²) in [6, 6.07) is 14.3. The van der Waals surface area contributed by atoms with E-state index in [1.807, 2.05) is 36.9 Å². The van der Waals surface area contributed by atoms with Crippen molar-refractivity contribution in [2.45, 2.75) is 33.6 Å². The number of carbonyl (C=O) groups is 2. The largest absolute Gasteiger partial charge is 0.378 e. The first kappa shape index (κ1) is 20.1. The Morgan fingerprint density at radius 1 is 1.04 bits per heavy atom. The summed E-state index contributed by atoms with van der Waals surface area (Å²) in [5.41, 5.74) is 1.13. The van der Waals surface area contributed by atoms with E-state index >= 15 is 0 Å². The molecule has 0 aliphatic carbocycles. The smallest absolute Gasteiger partial charge is 0.223 e. The van der Waals surface area contributed by atoms with E-state index < -0.39 is 0 Å². The highest BCUT2D eigenvalue weighted by atomic mass is 16.5. The molecule has 0 radical (unpaired) electrons. The molecule has 0 spiro atoms. The lowest BCUT2D eigenvalue weighted by atomic mass is 9.90. The van der Waals surface area contributed by atoms with Crippen molar-refractivity contribution in [3.8, 4) is 0 Å². The van der Waals surface area contributed by atoms with Gasteiger partial charge in [0.05, 0.1) is 13.2 Å². The van der Waals surface area contributed by atoms with Crippen LogP contribution >= 0.6 is 0 Å². The van der Waals surface area contributed by atoms with Gasteiger partial charge in [-0.1, -0.05) is 56.3 Å². The van der Waals surface area contributed by atoms with Crippen LogP contribution in [0.1, 0.15) is 32.8 Å². The first-order chi connectivity index (χ1) is 12.6. The van der Waals surface area contributed by atoms with Gasteiger partial charge in [0.25, 0.3) is 0 Å². The van der Waals surface area contributed by atoms with E-state index in [0.717, 1.165) is 16.3 Å². The highest BCUT2D eigenvalue weighted by Crippen LogP contribution is 2.23. The fraction of sp³-hybridized carbons (Fsp3) is 0.455. The van der Waals surface area contributed by atoms with E-state index in [1.165, 1.54) is 0 Å². The van der Waals surface area contributed by atoms with Gasteiger partial charge in [0, 0.05) is 25.4 Å². The molecule has 26 heavy (non-hydrogen) atoms. The normalized spacial score (nSPS) is 15.1. The van der Waals surface area contributed by atoms with E-state index in [2.05, 4.69) is 24.3 Å². The van der Waals surface area contributed by atoms with Crippen molar-refractivity contribution in [3.05, 3.63) is 48.0 Å². The minimum atomic E-state index is -0.272. The van der Waals surface area contributed by atoms with Crippen LogP contribution in [0, 0.1) is 5.92 Å². The molecule has 2 aromatic carbocycles. The quantitative estimate of drug-likeness (QED) is 0.818. The van der Waals surface area contributed by atoms with Gasteiger partial charge >= 0.3 is 0 Å². The SMILES string of the molecule is CC.CC(=O)C(CC(=O)N1CCOCC1)Cc1cccc2ccccc12. The van der Waals surface area contributed by atoms with Gasteiger partial charge in [-0.3, -0.25) is 9.59 Å². The second-order valence-electron chi connectivity index (χ2n) is 6.35. The lowest BCUT2D eigenvalue weighted by Gasteiger charge is -2.28. The second kappa shape index (κ2) is 10.1. The van der Waals surface area contributed by atoms with E-state index in [-0.39, 0.29) is 24.0 Å². The van der Waals surface area contributed by atoms with Crippen molar-refractivity contribution in [2.75, 3.05) is 26.3 Å². The van der Waals surface area contributed by atoms with Crippen LogP contribution in [0.15, 0.2) is 42.5 Å². The highest BCUT2D eigenvalue weighted by molar-refractivity contribution is 5.88. The number of morpholine rings is 1.